The third-order valence-electron chi connectivity index (χ3n) is 3.04. The third-order valence-corrected chi connectivity index (χ3v) is 3.04. The maximum atomic E-state index is 11.0. The van der Waals surface area contributed by atoms with Crippen molar-refractivity contribution in [3.63, 3.8) is 0 Å². The molecule has 0 amide bonds. The standard InChI is InChI=1S/C12H23NO4/c1-2-17-12(15)10-16-8-7-13-5-3-11(9-14)4-6-13/h11,14H,2-10H2,1H3. The van der Waals surface area contributed by atoms with Gasteiger partial charge in [-0.15, -0.1) is 0 Å². The molecule has 1 heterocycles. The number of hydrogen-bond acceptors (Lipinski definition) is 5. The normalized spacial score (nSPS) is 18.2. The Morgan fingerprint density at radius 1 is 1.41 bits per heavy atom. The summed E-state index contributed by atoms with van der Waals surface area (Å²) in [5.41, 5.74) is 0. The van der Waals surface area contributed by atoms with E-state index >= 15 is 0 Å². The van der Waals surface area contributed by atoms with Crippen LogP contribution in [0.1, 0.15) is 19.8 Å². The largest absolute Gasteiger partial charge is 0.464 e. The molecule has 1 fully saturated rings. The van der Waals surface area contributed by atoms with Gasteiger partial charge in [-0.05, 0) is 38.8 Å². The van der Waals surface area contributed by atoms with E-state index in [0.29, 0.717) is 25.7 Å². The van der Waals surface area contributed by atoms with Crippen LogP contribution in [0.15, 0.2) is 0 Å². The van der Waals surface area contributed by atoms with Gasteiger partial charge >= 0.3 is 5.97 Å². The summed E-state index contributed by atoms with van der Waals surface area (Å²) in [7, 11) is 0. The van der Waals surface area contributed by atoms with Crippen molar-refractivity contribution >= 4 is 5.97 Å². The third kappa shape index (κ3) is 6.00. The Balaban J connectivity index is 1.98. The van der Waals surface area contributed by atoms with E-state index in [1.54, 1.807) is 6.92 Å². The molecule has 5 heteroatoms. The van der Waals surface area contributed by atoms with Gasteiger partial charge in [0.25, 0.3) is 0 Å². The van der Waals surface area contributed by atoms with Gasteiger partial charge in [-0.25, -0.2) is 4.79 Å². The molecule has 1 N–H and O–H groups in total. The molecule has 0 aliphatic carbocycles. The first-order valence-electron chi connectivity index (χ1n) is 6.32. The highest BCUT2D eigenvalue weighted by Gasteiger charge is 2.17. The second kappa shape index (κ2) is 8.44. The molecule has 1 saturated heterocycles. The molecule has 17 heavy (non-hydrogen) atoms. The van der Waals surface area contributed by atoms with Crippen LogP contribution in [-0.4, -0.2) is 62.0 Å². The maximum Gasteiger partial charge on any atom is 0.332 e. The minimum absolute atomic E-state index is 0.0426. The second-order valence-electron chi connectivity index (χ2n) is 4.33. The van der Waals surface area contributed by atoms with Gasteiger partial charge in [0.05, 0.1) is 13.2 Å². The first-order chi connectivity index (χ1) is 8.26. The van der Waals surface area contributed by atoms with Crippen LogP contribution in [0.5, 0.6) is 0 Å². The number of aliphatic hydroxyl groups is 1. The molecule has 0 aromatic heterocycles. The van der Waals surface area contributed by atoms with E-state index in [1.807, 2.05) is 0 Å². The van der Waals surface area contributed by atoms with Gasteiger partial charge < -0.3 is 19.5 Å². The summed E-state index contributed by atoms with van der Waals surface area (Å²) in [5.74, 6) is 0.165. The predicted molar refractivity (Wildman–Crippen MR) is 63.7 cm³/mol. The predicted octanol–water partition coefficient (Wildman–Crippen LogP) is 0.270. The number of carbonyl (C=O) groups is 1. The van der Waals surface area contributed by atoms with Crippen molar-refractivity contribution in [2.24, 2.45) is 5.92 Å². The van der Waals surface area contributed by atoms with Crippen molar-refractivity contribution in [1.82, 2.24) is 4.90 Å². The molecule has 5 nitrogen and oxygen atoms in total. The molecule has 0 unspecified atom stereocenters. The summed E-state index contributed by atoms with van der Waals surface area (Å²) in [5, 5.41) is 9.01. The molecule has 1 aliphatic rings. The number of ether oxygens (including phenoxy) is 2. The minimum Gasteiger partial charge on any atom is -0.464 e. The van der Waals surface area contributed by atoms with Crippen LogP contribution in [0.3, 0.4) is 0 Å². The number of rotatable bonds is 7. The zero-order valence-electron chi connectivity index (χ0n) is 10.6. The second-order valence-corrected chi connectivity index (χ2v) is 4.33. The number of piperidine rings is 1. The summed E-state index contributed by atoms with van der Waals surface area (Å²) in [4.78, 5) is 13.3. The Morgan fingerprint density at radius 3 is 2.71 bits per heavy atom. The fraction of sp³-hybridized carbons (Fsp3) is 0.917. The molecule has 100 valence electrons. The molecule has 1 aliphatic heterocycles. The van der Waals surface area contributed by atoms with Gasteiger partial charge in [-0.3, -0.25) is 0 Å². The van der Waals surface area contributed by atoms with Gasteiger partial charge in [0, 0.05) is 13.2 Å². The van der Waals surface area contributed by atoms with Gasteiger partial charge in [0.15, 0.2) is 0 Å². The molecule has 0 atom stereocenters. The fourth-order valence-electron chi connectivity index (χ4n) is 1.94. The molecule has 1 rings (SSSR count). The minimum atomic E-state index is -0.300. The molecule has 0 bridgehead atoms. The maximum absolute atomic E-state index is 11.0. The van der Waals surface area contributed by atoms with Crippen LogP contribution >= 0.6 is 0 Å². The Labute approximate surface area is 103 Å². The van der Waals surface area contributed by atoms with Crippen LogP contribution in [0.4, 0.5) is 0 Å². The molecule has 0 spiro atoms. The molecule has 0 radical (unpaired) electrons. The Hall–Kier alpha value is -0.650. The highest BCUT2D eigenvalue weighted by atomic mass is 16.6. The Morgan fingerprint density at radius 2 is 2.12 bits per heavy atom. The van der Waals surface area contributed by atoms with Crippen molar-refractivity contribution in [1.29, 1.82) is 0 Å². The summed E-state index contributed by atoms with van der Waals surface area (Å²) < 4.78 is 10.00. The first kappa shape index (κ1) is 14.4. The van der Waals surface area contributed by atoms with Crippen LogP contribution < -0.4 is 0 Å². The summed E-state index contributed by atoms with van der Waals surface area (Å²) in [6, 6.07) is 0. The molecule has 0 aromatic rings. The Bertz CT molecular complexity index is 215. The molecule has 0 saturated carbocycles. The van der Waals surface area contributed by atoms with E-state index in [-0.39, 0.29) is 12.6 Å². The summed E-state index contributed by atoms with van der Waals surface area (Å²) >= 11 is 0. The lowest BCUT2D eigenvalue weighted by Crippen LogP contribution is -2.37. The molecular formula is C12H23NO4. The number of nitrogens with zero attached hydrogens (tertiary/aromatic N) is 1. The van der Waals surface area contributed by atoms with Gasteiger partial charge in [0.1, 0.15) is 6.61 Å². The zero-order chi connectivity index (χ0) is 12.5. The van der Waals surface area contributed by atoms with E-state index < -0.39 is 0 Å². The fourth-order valence-corrected chi connectivity index (χ4v) is 1.94. The van der Waals surface area contributed by atoms with Crippen LogP contribution in [0.25, 0.3) is 0 Å². The monoisotopic (exact) mass is 245 g/mol. The molecular weight excluding hydrogens is 222 g/mol. The number of likely N-dealkylation sites (tertiary alicyclic amines) is 1. The van der Waals surface area contributed by atoms with Gasteiger partial charge in [0.2, 0.25) is 0 Å². The van der Waals surface area contributed by atoms with Crippen molar-refractivity contribution in [3.05, 3.63) is 0 Å². The topological polar surface area (TPSA) is 59.0 Å². The van der Waals surface area contributed by atoms with Crippen LogP contribution in [-0.2, 0) is 14.3 Å². The van der Waals surface area contributed by atoms with Crippen LogP contribution in [0, 0.1) is 5.92 Å². The summed E-state index contributed by atoms with van der Waals surface area (Å²) in [6.45, 7) is 5.94. The van der Waals surface area contributed by atoms with Crippen molar-refractivity contribution in [3.8, 4) is 0 Å². The SMILES string of the molecule is CCOC(=O)COCCN1CCC(CO)CC1. The average Bonchev–Trinajstić information content (AvgIpc) is 2.36. The van der Waals surface area contributed by atoms with Gasteiger partial charge in [-0.1, -0.05) is 0 Å². The van der Waals surface area contributed by atoms with Crippen molar-refractivity contribution in [2.75, 3.05) is 46.1 Å². The van der Waals surface area contributed by atoms with E-state index in [0.717, 1.165) is 32.5 Å². The average molecular weight is 245 g/mol. The van der Waals surface area contributed by atoms with Crippen LogP contribution in [0.2, 0.25) is 0 Å². The van der Waals surface area contributed by atoms with Gasteiger partial charge in [-0.2, -0.15) is 0 Å². The lowest BCUT2D eigenvalue weighted by atomic mass is 9.98. The lowest BCUT2D eigenvalue weighted by molar-refractivity contribution is -0.148. The lowest BCUT2D eigenvalue weighted by Gasteiger charge is -2.30. The number of hydrogen-bond donors (Lipinski definition) is 1. The van der Waals surface area contributed by atoms with Crippen molar-refractivity contribution in [2.45, 2.75) is 19.8 Å². The zero-order valence-corrected chi connectivity index (χ0v) is 10.6. The van der Waals surface area contributed by atoms with E-state index in [1.165, 1.54) is 0 Å². The number of esters is 1. The number of aliphatic hydroxyl groups excluding tert-OH is 1. The molecule has 0 aromatic carbocycles. The highest BCUT2D eigenvalue weighted by molar-refractivity contribution is 5.70. The van der Waals surface area contributed by atoms with E-state index in [9.17, 15) is 4.79 Å². The highest BCUT2D eigenvalue weighted by Crippen LogP contribution is 2.15. The summed E-state index contributed by atoms with van der Waals surface area (Å²) in [6.07, 6.45) is 2.10. The first-order valence-corrected chi connectivity index (χ1v) is 6.32. The smallest absolute Gasteiger partial charge is 0.332 e. The quantitative estimate of drug-likeness (QED) is 0.515. The number of carbonyl (C=O) groups excluding carboxylic acids is 1. The van der Waals surface area contributed by atoms with E-state index in [2.05, 4.69) is 4.90 Å². The van der Waals surface area contributed by atoms with Crippen molar-refractivity contribution < 1.29 is 19.4 Å². The Kier molecular flexibility index (Phi) is 7.16. The van der Waals surface area contributed by atoms with E-state index in [4.69, 9.17) is 14.6 Å².